The number of rotatable bonds is 6. The minimum atomic E-state index is -0.626. The van der Waals surface area contributed by atoms with Gasteiger partial charge in [0.15, 0.2) is 0 Å². The van der Waals surface area contributed by atoms with Gasteiger partial charge >= 0.3 is 5.97 Å². The van der Waals surface area contributed by atoms with E-state index in [1.54, 1.807) is 26.3 Å². The number of carbonyl (C=O) groups is 1. The van der Waals surface area contributed by atoms with Crippen LogP contribution in [0.3, 0.4) is 0 Å². The van der Waals surface area contributed by atoms with Crippen LogP contribution in [-0.4, -0.2) is 29.2 Å². The smallest absolute Gasteiger partial charge is 0.348 e. The number of esters is 1. The molecule has 2 aromatic heterocycles. The number of fused-ring (bicyclic) bond motifs is 1. The second-order valence-corrected chi connectivity index (χ2v) is 5.81. The van der Waals surface area contributed by atoms with Crippen molar-refractivity contribution in [3.05, 3.63) is 65.6 Å². The van der Waals surface area contributed by atoms with Gasteiger partial charge in [-0.15, -0.1) is 0 Å². The molecule has 0 bridgehead atoms. The van der Waals surface area contributed by atoms with Crippen molar-refractivity contribution >= 4 is 22.9 Å². The Bertz CT molecular complexity index is 1030. The molecular weight excluding hydrogens is 342 g/mol. The number of methoxy groups -OCH3 is 1. The maximum absolute atomic E-state index is 12.0. The number of nitrogens with zero attached hydrogens (tertiary/aromatic N) is 3. The molecule has 0 N–H and O–H groups in total. The van der Waals surface area contributed by atoms with Crippen LogP contribution in [0.15, 0.2) is 54.4 Å². The second kappa shape index (κ2) is 8.19. The summed E-state index contributed by atoms with van der Waals surface area (Å²) >= 11 is 0. The average Bonchev–Trinajstić information content (AvgIpc) is 3.03. The number of benzene rings is 1. The van der Waals surface area contributed by atoms with Crippen molar-refractivity contribution in [2.45, 2.75) is 13.5 Å². The van der Waals surface area contributed by atoms with Crippen LogP contribution in [0.4, 0.5) is 0 Å². The van der Waals surface area contributed by atoms with Gasteiger partial charge < -0.3 is 14.0 Å². The lowest BCUT2D eigenvalue weighted by Crippen LogP contribution is -2.05. The van der Waals surface area contributed by atoms with Gasteiger partial charge in [0.1, 0.15) is 17.4 Å². The van der Waals surface area contributed by atoms with Gasteiger partial charge in [0, 0.05) is 29.4 Å². The Balaban J connectivity index is 2.11. The van der Waals surface area contributed by atoms with Crippen LogP contribution in [0.25, 0.3) is 17.0 Å². The van der Waals surface area contributed by atoms with Gasteiger partial charge in [0.25, 0.3) is 0 Å². The first-order valence-corrected chi connectivity index (χ1v) is 8.52. The van der Waals surface area contributed by atoms with Crippen LogP contribution in [0.1, 0.15) is 18.2 Å². The molecule has 0 saturated heterocycles. The van der Waals surface area contributed by atoms with Gasteiger partial charge in [-0.2, -0.15) is 5.26 Å². The van der Waals surface area contributed by atoms with Gasteiger partial charge in [0.2, 0.25) is 0 Å². The van der Waals surface area contributed by atoms with Crippen LogP contribution < -0.4 is 4.74 Å². The fourth-order valence-electron chi connectivity index (χ4n) is 2.84. The maximum Gasteiger partial charge on any atom is 0.348 e. The molecule has 2 heterocycles. The quantitative estimate of drug-likeness (QED) is 0.381. The van der Waals surface area contributed by atoms with E-state index in [0.717, 1.165) is 27.9 Å². The summed E-state index contributed by atoms with van der Waals surface area (Å²) in [7, 11) is 1.61. The van der Waals surface area contributed by atoms with Crippen molar-refractivity contribution in [3.8, 4) is 11.8 Å². The number of hydrogen-bond donors (Lipinski definition) is 0. The van der Waals surface area contributed by atoms with Gasteiger partial charge in [-0.1, -0.05) is 6.07 Å². The zero-order chi connectivity index (χ0) is 19.2. The summed E-state index contributed by atoms with van der Waals surface area (Å²) in [6.45, 7) is 2.48. The highest BCUT2D eigenvalue weighted by molar-refractivity contribution is 6.01. The molecule has 1 aromatic carbocycles. The van der Waals surface area contributed by atoms with E-state index < -0.39 is 5.97 Å². The summed E-state index contributed by atoms with van der Waals surface area (Å²) in [5, 5.41) is 10.2. The van der Waals surface area contributed by atoms with E-state index in [-0.39, 0.29) is 12.2 Å². The van der Waals surface area contributed by atoms with Gasteiger partial charge in [0.05, 0.1) is 31.5 Å². The summed E-state index contributed by atoms with van der Waals surface area (Å²) in [6.07, 6.45) is 5.20. The minimum Gasteiger partial charge on any atom is -0.497 e. The number of carbonyl (C=O) groups excluding carboxylic acids is 1. The maximum atomic E-state index is 12.0. The van der Waals surface area contributed by atoms with E-state index in [1.807, 2.05) is 53.2 Å². The molecule has 0 fully saturated rings. The van der Waals surface area contributed by atoms with Crippen LogP contribution >= 0.6 is 0 Å². The lowest BCUT2D eigenvalue weighted by molar-refractivity contribution is -0.137. The molecule has 0 aliphatic rings. The fourth-order valence-corrected chi connectivity index (χ4v) is 2.84. The third-order valence-corrected chi connectivity index (χ3v) is 4.09. The van der Waals surface area contributed by atoms with Crippen LogP contribution in [0, 0.1) is 11.3 Å². The zero-order valence-corrected chi connectivity index (χ0v) is 15.2. The molecule has 0 radical (unpaired) electrons. The van der Waals surface area contributed by atoms with Crippen molar-refractivity contribution in [2.75, 3.05) is 13.7 Å². The van der Waals surface area contributed by atoms with Crippen LogP contribution in [0.5, 0.6) is 5.75 Å². The number of hydrogen-bond acceptors (Lipinski definition) is 5. The van der Waals surface area contributed by atoms with Crippen molar-refractivity contribution in [2.24, 2.45) is 0 Å². The number of pyridine rings is 1. The first kappa shape index (κ1) is 18.2. The predicted molar refractivity (Wildman–Crippen MR) is 102 cm³/mol. The van der Waals surface area contributed by atoms with Gasteiger partial charge in [-0.25, -0.2) is 4.79 Å². The molecule has 0 aliphatic heterocycles. The molecule has 136 valence electrons. The zero-order valence-electron chi connectivity index (χ0n) is 15.2. The second-order valence-electron chi connectivity index (χ2n) is 5.81. The summed E-state index contributed by atoms with van der Waals surface area (Å²) in [4.78, 5) is 16.3. The Hall–Kier alpha value is -3.59. The highest BCUT2D eigenvalue weighted by atomic mass is 16.5. The molecule has 0 saturated carbocycles. The number of aromatic nitrogens is 2. The lowest BCUT2D eigenvalue weighted by atomic mass is 10.1. The topological polar surface area (TPSA) is 77.1 Å². The van der Waals surface area contributed by atoms with Crippen molar-refractivity contribution in [3.63, 3.8) is 0 Å². The van der Waals surface area contributed by atoms with Crippen molar-refractivity contribution in [1.29, 1.82) is 5.26 Å². The Morgan fingerprint density at radius 1 is 1.33 bits per heavy atom. The molecule has 27 heavy (non-hydrogen) atoms. The van der Waals surface area contributed by atoms with Crippen LogP contribution in [-0.2, 0) is 16.1 Å². The highest BCUT2D eigenvalue weighted by Gasteiger charge is 2.14. The molecule has 3 rings (SSSR count). The molecule has 0 aliphatic carbocycles. The van der Waals surface area contributed by atoms with Crippen LogP contribution in [0.2, 0.25) is 0 Å². The lowest BCUT2D eigenvalue weighted by Gasteiger charge is -2.06. The third-order valence-electron chi connectivity index (χ3n) is 4.09. The SMILES string of the molecule is CCOC(=O)/C(C#N)=C/c1cn(Cc2ccccn2)c2cc(OC)ccc12. The van der Waals surface area contributed by atoms with Gasteiger partial charge in [-0.05, 0) is 37.3 Å². The molecule has 0 amide bonds. The standard InChI is InChI=1S/C21H19N3O3/c1-3-27-21(25)15(12-22)10-16-13-24(14-17-6-4-5-9-23-17)20-11-18(26-2)7-8-19(16)20/h4-11,13H,3,14H2,1-2H3/b15-10+. The van der Waals surface area contributed by atoms with E-state index in [2.05, 4.69) is 4.98 Å². The molecule has 6 heteroatoms. The summed E-state index contributed by atoms with van der Waals surface area (Å²) in [5.41, 5.74) is 2.55. The first-order chi connectivity index (χ1) is 13.2. The molecule has 6 nitrogen and oxygen atoms in total. The predicted octanol–water partition coefficient (Wildman–Crippen LogP) is 3.56. The molecule has 0 unspecified atom stereocenters. The third kappa shape index (κ3) is 3.98. The van der Waals surface area contributed by atoms with Crippen molar-refractivity contribution < 1.29 is 14.3 Å². The minimum absolute atomic E-state index is 0.0374. The van der Waals surface area contributed by atoms with Gasteiger partial charge in [-0.3, -0.25) is 4.98 Å². The summed E-state index contributed by atoms with van der Waals surface area (Å²) < 4.78 is 12.3. The monoisotopic (exact) mass is 361 g/mol. The van der Waals surface area contributed by atoms with E-state index in [1.165, 1.54) is 0 Å². The molecular formula is C21H19N3O3. The number of ether oxygens (including phenoxy) is 2. The Kier molecular flexibility index (Phi) is 5.53. The van der Waals surface area contributed by atoms with E-state index in [4.69, 9.17) is 9.47 Å². The highest BCUT2D eigenvalue weighted by Crippen LogP contribution is 2.28. The molecule has 0 spiro atoms. The Morgan fingerprint density at radius 3 is 2.85 bits per heavy atom. The molecule has 3 aromatic rings. The number of nitriles is 1. The average molecular weight is 361 g/mol. The Morgan fingerprint density at radius 2 is 2.19 bits per heavy atom. The van der Waals surface area contributed by atoms with E-state index in [9.17, 15) is 10.1 Å². The largest absolute Gasteiger partial charge is 0.497 e. The fraction of sp³-hybridized carbons (Fsp3) is 0.190. The summed E-state index contributed by atoms with van der Waals surface area (Å²) in [5.74, 6) is 0.100. The van der Waals surface area contributed by atoms with E-state index in [0.29, 0.717) is 6.54 Å². The first-order valence-electron chi connectivity index (χ1n) is 8.52. The van der Waals surface area contributed by atoms with E-state index >= 15 is 0 Å². The Labute approximate surface area is 157 Å². The molecule has 0 atom stereocenters. The normalized spacial score (nSPS) is 11.2. The van der Waals surface area contributed by atoms with Crippen molar-refractivity contribution in [1.82, 2.24) is 9.55 Å². The summed E-state index contributed by atoms with van der Waals surface area (Å²) in [6, 6.07) is 13.4.